The van der Waals surface area contributed by atoms with Crippen LogP contribution in [0.2, 0.25) is 0 Å². The van der Waals surface area contributed by atoms with Crippen LogP contribution in [0.25, 0.3) is 0 Å². The van der Waals surface area contributed by atoms with E-state index in [1.54, 1.807) is 4.68 Å². The molecular formula is C27H26N6O2. The van der Waals surface area contributed by atoms with Crippen LogP contribution in [0.15, 0.2) is 84.1 Å². The third kappa shape index (κ3) is 4.77. The molecule has 8 heteroatoms. The van der Waals surface area contributed by atoms with Gasteiger partial charge in [-0.3, -0.25) is 4.79 Å². The van der Waals surface area contributed by atoms with Crippen molar-refractivity contribution in [3.8, 4) is 5.75 Å². The van der Waals surface area contributed by atoms with Gasteiger partial charge >= 0.3 is 0 Å². The summed E-state index contributed by atoms with van der Waals surface area (Å²) in [6, 6.07) is 23.1. The lowest BCUT2D eigenvalue weighted by molar-refractivity contribution is -0.113. The summed E-state index contributed by atoms with van der Waals surface area (Å²) in [5, 5.41) is 18.2. The molecule has 0 saturated carbocycles. The van der Waals surface area contributed by atoms with Crippen molar-refractivity contribution in [2.45, 2.75) is 33.4 Å². The number of ether oxygens (including phenoxy) is 1. The molecule has 0 fully saturated rings. The van der Waals surface area contributed by atoms with Crippen molar-refractivity contribution in [1.82, 2.24) is 20.2 Å². The van der Waals surface area contributed by atoms with E-state index in [0.717, 1.165) is 28.1 Å². The molecule has 5 rings (SSSR count). The minimum absolute atomic E-state index is 0.218. The average molecular weight is 467 g/mol. The summed E-state index contributed by atoms with van der Waals surface area (Å²) in [4.78, 5) is 13.4. The van der Waals surface area contributed by atoms with Crippen LogP contribution in [0.5, 0.6) is 5.75 Å². The van der Waals surface area contributed by atoms with Gasteiger partial charge in [-0.15, -0.1) is 0 Å². The number of hydrogen-bond donors (Lipinski definition) is 2. The second-order valence-corrected chi connectivity index (χ2v) is 8.68. The van der Waals surface area contributed by atoms with Crippen LogP contribution in [0.1, 0.15) is 35.2 Å². The first-order valence-electron chi connectivity index (χ1n) is 11.4. The summed E-state index contributed by atoms with van der Waals surface area (Å²) < 4.78 is 7.60. The number of fused-ring (bicyclic) bond motifs is 1. The number of carbonyl (C=O) groups is 1. The molecule has 0 saturated heterocycles. The highest BCUT2D eigenvalue weighted by atomic mass is 16.5. The number of benzene rings is 3. The number of tetrazole rings is 1. The minimum atomic E-state index is -0.488. The molecule has 1 aliphatic rings. The summed E-state index contributed by atoms with van der Waals surface area (Å²) in [6.45, 7) is 6.41. The van der Waals surface area contributed by atoms with Gasteiger partial charge in [0.1, 0.15) is 18.4 Å². The third-order valence-electron chi connectivity index (χ3n) is 5.95. The highest BCUT2D eigenvalue weighted by Crippen LogP contribution is 2.35. The number of nitrogens with one attached hydrogen (secondary N) is 2. The Hall–Kier alpha value is -4.46. The van der Waals surface area contributed by atoms with Gasteiger partial charge < -0.3 is 15.4 Å². The molecule has 8 nitrogen and oxygen atoms in total. The second kappa shape index (κ2) is 9.42. The average Bonchev–Trinajstić information content (AvgIpc) is 3.32. The first-order valence-corrected chi connectivity index (χ1v) is 11.4. The molecule has 2 heterocycles. The van der Waals surface area contributed by atoms with Crippen LogP contribution in [-0.2, 0) is 11.4 Å². The van der Waals surface area contributed by atoms with Gasteiger partial charge in [-0.25, -0.2) is 0 Å². The van der Waals surface area contributed by atoms with Crippen molar-refractivity contribution in [3.05, 3.63) is 106 Å². The van der Waals surface area contributed by atoms with Gasteiger partial charge in [0.25, 0.3) is 5.91 Å². The molecule has 1 aromatic heterocycles. The highest BCUT2D eigenvalue weighted by molar-refractivity contribution is 6.06. The third-order valence-corrected chi connectivity index (χ3v) is 5.95. The van der Waals surface area contributed by atoms with Gasteiger partial charge in [0, 0.05) is 11.4 Å². The first kappa shape index (κ1) is 22.3. The van der Waals surface area contributed by atoms with Crippen LogP contribution < -0.4 is 15.4 Å². The molecule has 35 heavy (non-hydrogen) atoms. The monoisotopic (exact) mass is 466 g/mol. The van der Waals surface area contributed by atoms with Crippen molar-refractivity contribution in [2.75, 3.05) is 10.6 Å². The van der Waals surface area contributed by atoms with Gasteiger partial charge in [-0.05, 0) is 66.6 Å². The molecule has 0 spiro atoms. The maximum Gasteiger partial charge on any atom is 0.255 e. The maximum atomic E-state index is 13.4. The number of carbonyl (C=O) groups excluding carboxylic acids is 1. The van der Waals surface area contributed by atoms with Gasteiger partial charge in [0.15, 0.2) is 0 Å². The maximum absolute atomic E-state index is 13.4. The standard InChI is InChI=1S/C27H26N6O2/c1-17-7-11-22(12-8-17)29-26(34)24-19(3)28-27-30-31-32-33(27)25(24)21-9-13-23(14-10-21)35-16-20-6-4-5-18(2)15-20/h4-15,25H,16H2,1-3H3,(H,29,34)(H,28,30,32). The van der Waals surface area contributed by atoms with E-state index in [0.29, 0.717) is 23.8 Å². The highest BCUT2D eigenvalue weighted by Gasteiger charge is 2.34. The number of aromatic nitrogens is 4. The summed E-state index contributed by atoms with van der Waals surface area (Å²) in [6.07, 6.45) is 0. The summed E-state index contributed by atoms with van der Waals surface area (Å²) >= 11 is 0. The van der Waals surface area contributed by atoms with Crippen molar-refractivity contribution in [1.29, 1.82) is 0 Å². The van der Waals surface area contributed by atoms with E-state index in [9.17, 15) is 4.79 Å². The first-order chi connectivity index (χ1) is 17.0. The lowest BCUT2D eigenvalue weighted by Gasteiger charge is -2.28. The number of aryl methyl sites for hydroxylation is 2. The fraction of sp³-hybridized carbons (Fsp3) is 0.185. The zero-order valence-electron chi connectivity index (χ0n) is 19.8. The molecule has 176 valence electrons. The van der Waals surface area contributed by atoms with E-state index < -0.39 is 6.04 Å². The van der Waals surface area contributed by atoms with Crippen molar-refractivity contribution in [2.24, 2.45) is 0 Å². The smallest absolute Gasteiger partial charge is 0.255 e. The number of hydrogen-bond acceptors (Lipinski definition) is 6. The van der Waals surface area contributed by atoms with Crippen LogP contribution in [-0.4, -0.2) is 26.1 Å². The SMILES string of the molecule is CC1=C(C(=O)Nc2ccc(C)cc2)C(c2ccc(OCc3cccc(C)c3)cc2)n2nnnc2N1. The molecule has 3 aromatic carbocycles. The predicted molar refractivity (Wildman–Crippen MR) is 134 cm³/mol. The van der Waals surface area contributed by atoms with E-state index in [1.165, 1.54) is 5.56 Å². The number of amides is 1. The van der Waals surface area contributed by atoms with E-state index in [4.69, 9.17) is 4.74 Å². The second-order valence-electron chi connectivity index (χ2n) is 8.68. The molecule has 4 aromatic rings. The number of allylic oxidation sites excluding steroid dienone is 1. The van der Waals surface area contributed by atoms with Crippen LogP contribution in [0.3, 0.4) is 0 Å². The quantitative estimate of drug-likeness (QED) is 0.424. The molecule has 1 atom stereocenters. The molecule has 2 N–H and O–H groups in total. The molecular weight excluding hydrogens is 440 g/mol. The normalized spacial score (nSPS) is 14.8. The van der Waals surface area contributed by atoms with Crippen molar-refractivity contribution < 1.29 is 9.53 Å². The van der Waals surface area contributed by atoms with Crippen LogP contribution in [0, 0.1) is 13.8 Å². The Kier molecular flexibility index (Phi) is 6.01. The Labute approximate surface area is 203 Å². The van der Waals surface area contributed by atoms with E-state index in [1.807, 2.05) is 74.5 Å². The summed E-state index contributed by atoms with van der Waals surface area (Å²) in [7, 11) is 0. The largest absolute Gasteiger partial charge is 0.489 e. The number of anilines is 2. The lowest BCUT2D eigenvalue weighted by atomic mass is 9.95. The zero-order valence-corrected chi connectivity index (χ0v) is 19.8. The summed E-state index contributed by atoms with van der Waals surface area (Å²) in [5.41, 5.74) is 6.26. The van der Waals surface area contributed by atoms with Gasteiger partial charge in [0.05, 0.1) is 5.57 Å². The van der Waals surface area contributed by atoms with E-state index in [-0.39, 0.29) is 5.91 Å². The Balaban J connectivity index is 1.40. The molecule has 1 aliphatic heterocycles. The Bertz CT molecular complexity index is 1390. The molecule has 0 aliphatic carbocycles. The van der Waals surface area contributed by atoms with Gasteiger partial charge in [-0.1, -0.05) is 64.8 Å². The molecule has 0 bridgehead atoms. The van der Waals surface area contributed by atoms with Gasteiger partial charge in [0.2, 0.25) is 5.95 Å². The number of nitrogens with zero attached hydrogens (tertiary/aromatic N) is 4. The van der Waals surface area contributed by atoms with Crippen LogP contribution >= 0.6 is 0 Å². The number of rotatable bonds is 6. The van der Waals surface area contributed by atoms with Crippen molar-refractivity contribution in [3.63, 3.8) is 0 Å². The van der Waals surface area contributed by atoms with Gasteiger partial charge in [-0.2, -0.15) is 4.68 Å². The molecule has 0 radical (unpaired) electrons. The summed E-state index contributed by atoms with van der Waals surface area (Å²) in [5.74, 6) is 1.01. The molecule has 1 amide bonds. The Morgan fingerprint density at radius 1 is 1.00 bits per heavy atom. The molecule has 1 unspecified atom stereocenters. The lowest BCUT2D eigenvalue weighted by Crippen LogP contribution is -2.31. The minimum Gasteiger partial charge on any atom is -0.489 e. The fourth-order valence-electron chi connectivity index (χ4n) is 4.16. The van der Waals surface area contributed by atoms with E-state index >= 15 is 0 Å². The fourth-order valence-corrected chi connectivity index (χ4v) is 4.16. The predicted octanol–water partition coefficient (Wildman–Crippen LogP) is 4.80. The van der Waals surface area contributed by atoms with Crippen LogP contribution in [0.4, 0.5) is 11.6 Å². The topological polar surface area (TPSA) is 94.0 Å². The van der Waals surface area contributed by atoms with Crippen molar-refractivity contribution >= 4 is 17.5 Å². The zero-order chi connectivity index (χ0) is 24.4. The Morgan fingerprint density at radius 3 is 2.51 bits per heavy atom. The van der Waals surface area contributed by atoms with E-state index in [2.05, 4.69) is 45.2 Å². The Morgan fingerprint density at radius 2 is 1.77 bits per heavy atom.